The maximum atomic E-state index is 12.1. The first-order valence-corrected chi connectivity index (χ1v) is 6.72. The van der Waals surface area contributed by atoms with E-state index < -0.39 is 0 Å². The molecule has 2 N–H and O–H groups in total. The average Bonchev–Trinajstić information content (AvgIpc) is 2.40. The number of rotatable bonds is 3. The lowest BCUT2D eigenvalue weighted by Gasteiger charge is -2.33. The molecular weight excluding hydrogens is 266 g/mol. The van der Waals surface area contributed by atoms with E-state index >= 15 is 0 Å². The van der Waals surface area contributed by atoms with Crippen LogP contribution in [0.4, 0.5) is 0 Å². The molecule has 0 atom stereocenters. The molecule has 0 bridgehead atoms. The molecule has 1 aromatic carbocycles. The standard InChI is InChI=1S/C14H18ClNO3/c1-14(4-6-19-7-5-14)9-16-13(18)11-8-10(17)2-3-12(11)15/h2-3,8,17H,4-7,9H2,1H3,(H,16,18). The maximum Gasteiger partial charge on any atom is 0.252 e. The van der Waals surface area contributed by atoms with Crippen molar-refractivity contribution in [3.8, 4) is 5.75 Å². The topological polar surface area (TPSA) is 58.6 Å². The third kappa shape index (κ3) is 3.61. The SMILES string of the molecule is CC1(CNC(=O)c2cc(O)ccc2Cl)CCOCC1. The third-order valence-corrected chi connectivity index (χ3v) is 3.90. The lowest BCUT2D eigenvalue weighted by atomic mass is 9.82. The minimum Gasteiger partial charge on any atom is -0.508 e. The third-order valence-electron chi connectivity index (χ3n) is 3.57. The molecular formula is C14H18ClNO3. The van der Waals surface area contributed by atoms with Gasteiger partial charge in [-0.15, -0.1) is 0 Å². The summed E-state index contributed by atoms with van der Waals surface area (Å²) in [5.41, 5.74) is 0.370. The molecule has 1 aliphatic heterocycles. The maximum absolute atomic E-state index is 12.1. The number of carbonyl (C=O) groups excluding carboxylic acids is 1. The van der Waals surface area contributed by atoms with Gasteiger partial charge < -0.3 is 15.2 Å². The number of aromatic hydroxyl groups is 1. The Labute approximate surface area is 117 Å². The predicted molar refractivity (Wildman–Crippen MR) is 73.6 cm³/mol. The molecule has 2 rings (SSSR count). The number of nitrogens with one attached hydrogen (secondary N) is 1. The summed E-state index contributed by atoms with van der Waals surface area (Å²) in [6, 6.07) is 4.35. The summed E-state index contributed by atoms with van der Waals surface area (Å²) in [4.78, 5) is 12.1. The average molecular weight is 284 g/mol. The highest BCUT2D eigenvalue weighted by atomic mass is 35.5. The van der Waals surface area contributed by atoms with Crippen LogP contribution in [0.3, 0.4) is 0 Å². The van der Waals surface area contributed by atoms with Crippen LogP contribution in [0.25, 0.3) is 0 Å². The van der Waals surface area contributed by atoms with Crippen molar-refractivity contribution in [3.63, 3.8) is 0 Å². The molecule has 1 saturated heterocycles. The number of ether oxygens (including phenoxy) is 1. The van der Waals surface area contributed by atoms with Gasteiger partial charge in [-0.25, -0.2) is 0 Å². The molecule has 1 amide bonds. The summed E-state index contributed by atoms with van der Waals surface area (Å²) < 4.78 is 5.32. The number of carbonyl (C=O) groups is 1. The first kappa shape index (κ1) is 14.2. The number of benzene rings is 1. The van der Waals surface area contributed by atoms with E-state index in [1.54, 1.807) is 0 Å². The van der Waals surface area contributed by atoms with Gasteiger partial charge in [-0.2, -0.15) is 0 Å². The Bertz CT molecular complexity index is 470. The largest absolute Gasteiger partial charge is 0.508 e. The van der Waals surface area contributed by atoms with Gasteiger partial charge in [-0.3, -0.25) is 4.79 Å². The van der Waals surface area contributed by atoms with Crippen LogP contribution < -0.4 is 5.32 Å². The van der Waals surface area contributed by atoms with Gasteiger partial charge in [-0.1, -0.05) is 18.5 Å². The Balaban J connectivity index is 1.99. The zero-order chi connectivity index (χ0) is 13.9. The molecule has 0 aliphatic carbocycles. The van der Waals surface area contributed by atoms with Gasteiger partial charge in [0.2, 0.25) is 0 Å². The second-order valence-electron chi connectivity index (χ2n) is 5.27. The summed E-state index contributed by atoms with van der Waals surface area (Å²) in [6.45, 7) is 4.19. The van der Waals surface area contributed by atoms with Crippen molar-refractivity contribution < 1.29 is 14.6 Å². The van der Waals surface area contributed by atoms with E-state index in [-0.39, 0.29) is 17.1 Å². The van der Waals surface area contributed by atoms with Crippen LogP contribution in [0.15, 0.2) is 18.2 Å². The molecule has 0 spiro atoms. The number of phenolic OH excluding ortho intramolecular Hbond substituents is 1. The number of amides is 1. The molecule has 0 unspecified atom stereocenters. The zero-order valence-corrected chi connectivity index (χ0v) is 11.7. The minimum atomic E-state index is -0.256. The lowest BCUT2D eigenvalue weighted by molar-refractivity contribution is 0.0238. The van der Waals surface area contributed by atoms with E-state index in [0.717, 1.165) is 26.1 Å². The highest BCUT2D eigenvalue weighted by molar-refractivity contribution is 6.33. The molecule has 0 radical (unpaired) electrons. The van der Waals surface area contributed by atoms with E-state index in [1.807, 2.05) is 0 Å². The van der Waals surface area contributed by atoms with Crippen molar-refractivity contribution >= 4 is 17.5 Å². The Morgan fingerprint density at radius 1 is 1.47 bits per heavy atom. The summed E-state index contributed by atoms with van der Waals surface area (Å²) >= 11 is 5.96. The fraction of sp³-hybridized carbons (Fsp3) is 0.500. The smallest absolute Gasteiger partial charge is 0.252 e. The fourth-order valence-corrected chi connectivity index (χ4v) is 2.32. The van der Waals surface area contributed by atoms with Crippen molar-refractivity contribution in [2.75, 3.05) is 19.8 Å². The van der Waals surface area contributed by atoms with E-state index in [9.17, 15) is 9.90 Å². The summed E-state index contributed by atoms with van der Waals surface area (Å²) in [7, 11) is 0. The first-order valence-electron chi connectivity index (χ1n) is 6.35. The number of phenols is 1. The normalized spacial score (nSPS) is 18.0. The zero-order valence-electron chi connectivity index (χ0n) is 10.9. The van der Waals surface area contributed by atoms with Gasteiger partial charge in [0.05, 0.1) is 10.6 Å². The Hall–Kier alpha value is -1.26. The van der Waals surface area contributed by atoms with Gasteiger partial charge >= 0.3 is 0 Å². The number of hydrogen-bond donors (Lipinski definition) is 2. The summed E-state index contributed by atoms with van der Waals surface area (Å²) in [5, 5.41) is 12.6. The Morgan fingerprint density at radius 2 is 2.16 bits per heavy atom. The minimum absolute atomic E-state index is 0.0341. The van der Waals surface area contributed by atoms with Gasteiger partial charge in [0.15, 0.2) is 0 Å². The second kappa shape index (κ2) is 5.80. The van der Waals surface area contributed by atoms with Crippen LogP contribution in [-0.4, -0.2) is 30.8 Å². The quantitative estimate of drug-likeness (QED) is 0.896. The van der Waals surface area contributed by atoms with Crippen LogP contribution in [0, 0.1) is 5.41 Å². The molecule has 4 nitrogen and oxygen atoms in total. The van der Waals surface area contributed by atoms with Gasteiger partial charge in [0.25, 0.3) is 5.91 Å². The second-order valence-corrected chi connectivity index (χ2v) is 5.68. The molecule has 1 heterocycles. The molecule has 0 saturated carbocycles. The Kier molecular flexibility index (Phi) is 4.32. The predicted octanol–water partition coefficient (Wildman–Crippen LogP) is 2.59. The molecule has 0 aromatic heterocycles. The van der Waals surface area contributed by atoms with E-state index in [4.69, 9.17) is 16.3 Å². The van der Waals surface area contributed by atoms with Gasteiger partial charge in [0.1, 0.15) is 5.75 Å². The van der Waals surface area contributed by atoms with Crippen LogP contribution in [0.2, 0.25) is 5.02 Å². The first-order chi connectivity index (χ1) is 9.00. The van der Waals surface area contributed by atoms with E-state index in [0.29, 0.717) is 17.1 Å². The highest BCUT2D eigenvalue weighted by Crippen LogP contribution is 2.29. The van der Waals surface area contributed by atoms with E-state index in [1.165, 1.54) is 18.2 Å². The van der Waals surface area contributed by atoms with Crippen molar-refractivity contribution in [2.45, 2.75) is 19.8 Å². The lowest BCUT2D eigenvalue weighted by Crippen LogP contribution is -2.39. The van der Waals surface area contributed by atoms with Crippen molar-refractivity contribution in [1.82, 2.24) is 5.32 Å². The van der Waals surface area contributed by atoms with Crippen LogP contribution >= 0.6 is 11.6 Å². The van der Waals surface area contributed by atoms with Gasteiger partial charge in [-0.05, 0) is 36.5 Å². The molecule has 19 heavy (non-hydrogen) atoms. The van der Waals surface area contributed by atoms with Crippen molar-refractivity contribution in [3.05, 3.63) is 28.8 Å². The number of hydrogen-bond acceptors (Lipinski definition) is 3. The van der Waals surface area contributed by atoms with Crippen molar-refractivity contribution in [1.29, 1.82) is 0 Å². The summed E-state index contributed by atoms with van der Waals surface area (Å²) in [5.74, 6) is -0.222. The molecule has 1 fully saturated rings. The van der Waals surface area contributed by atoms with Gasteiger partial charge in [0, 0.05) is 19.8 Å². The molecule has 104 valence electrons. The summed E-state index contributed by atoms with van der Waals surface area (Å²) in [6.07, 6.45) is 1.86. The van der Waals surface area contributed by atoms with E-state index in [2.05, 4.69) is 12.2 Å². The molecule has 5 heteroatoms. The van der Waals surface area contributed by atoms with Crippen molar-refractivity contribution in [2.24, 2.45) is 5.41 Å². The molecule has 1 aliphatic rings. The monoisotopic (exact) mass is 283 g/mol. The van der Waals surface area contributed by atoms with Crippen LogP contribution in [0.1, 0.15) is 30.1 Å². The van der Waals surface area contributed by atoms with Crippen LogP contribution in [-0.2, 0) is 4.74 Å². The Morgan fingerprint density at radius 3 is 2.84 bits per heavy atom. The fourth-order valence-electron chi connectivity index (χ4n) is 2.12. The van der Waals surface area contributed by atoms with Crippen LogP contribution in [0.5, 0.6) is 5.75 Å². The number of halogens is 1. The highest BCUT2D eigenvalue weighted by Gasteiger charge is 2.28. The molecule has 1 aromatic rings.